The minimum absolute atomic E-state index is 0.303. The predicted octanol–water partition coefficient (Wildman–Crippen LogP) is 1.59. The van der Waals surface area contributed by atoms with E-state index in [1.807, 2.05) is 0 Å². The van der Waals surface area contributed by atoms with Crippen molar-refractivity contribution in [3.8, 4) is 0 Å². The smallest absolute Gasteiger partial charge is 0.109 e. The van der Waals surface area contributed by atoms with E-state index in [0.29, 0.717) is 12.3 Å². The van der Waals surface area contributed by atoms with Crippen LogP contribution in [0.4, 0.5) is 0 Å². The Hall–Kier alpha value is -0.120. The highest BCUT2D eigenvalue weighted by Crippen LogP contribution is 2.22. The largest absolute Gasteiger partial charge is 0.362 e. The van der Waals surface area contributed by atoms with Gasteiger partial charge in [0, 0.05) is 18.5 Å². The Labute approximate surface area is 93.2 Å². The molecule has 2 heterocycles. The van der Waals surface area contributed by atoms with Gasteiger partial charge >= 0.3 is 0 Å². The van der Waals surface area contributed by atoms with Crippen LogP contribution < -0.4 is 5.32 Å². The number of hydrogen-bond donors (Lipinski definition) is 1. The number of rotatable bonds is 3. The Kier molecular flexibility index (Phi) is 4.00. The lowest BCUT2D eigenvalue weighted by Crippen LogP contribution is -2.43. The lowest BCUT2D eigenvalue weighted by molar-refractivity contribution is 0.0487. The third-order valence-electron chi connectivity index (χ3n) is 3.66. The summed E-state index contributed by atoms with van der Waals surface area (Å²) < 4.78 is 5.72. The van der Waals surface area contributed by atoms with E-state index in [4.69, 9.17) is 4.74 Å². The van der Waals surface area contributed by atoms with Crippen LogP contribution in [0.15, 0.2) is 0 Å². The first-order valence-corrected chi connectivity index (χ1v) is 6.41. The summed E-state index contributed by atoms with van der Waals surface area (Å²) in [7, 11) is 0. The van der Waals surface area contributed by atoms with E-state index in [9.17, 15) is 0 Å². The first-order valence-electron chi connectivity index (χ1n) is 6.41. The average Bonchev–Trinajstić information content (AvgIpc) is 2.65. The molecule has 0 saturated carbocycles. The molecule has 88 valence electrons. The molecule has 3 nitrogen and oxygen atoms in total. The van der Waals surface area contributed by atoms with Crippen LogP contribution in [-0.2, 0) is 4.74 Å². The zero-order chi connectivity index (χ0) is 10.7. The molecule has 0 aliphatic carbocycles. The molecule has 0 radical (unpaired) electrons. The van der Waals surface area contributed by atoms with Crippen molar-refractivity contribution in [2.75, 3.05) is 19.7 Å². The Morgan fingerprint density at radius 2 is 2.27 bits per heavy atom. The maximum absolute atomic E-state index is 5.72. The van der Waals surface area contributed by atoms with Gasteiger partial charge in [0.15, 0.2) is 0 Å². The summed E-state index contributed by atoms with van der Waals surface area (Å²) in [6.07, 6.45) is 5.59. The molecule has 2 fully saturated rings. The highest BCUT2D eigenvalue weighted by Gasteiger charge is 2.28. The van der Waals surface area contributed by atoms with Crippen molar-refractivity contribution in [1.29, 1.82) is 0 Å². The Morgan fingerprint density at radius 1 is 1.40 bits per heavy atom. The molecule has 3 unspecified atom stereocenters. The summed E-state index contributed by atoms with van der Waals surface area (Å²) in [5.41, 5.74) is 0. The van der Waals surface area contributed by atoms with Crippen molar-refractivity contribution < 1.29 is 4.74 Å². The van der Waals surface area contributed by atoms with Gasteiger partial charge in [-0.2, -0.15) is 0 Å². The number of piperidine rings is 1. The second-order valence-electron chi connectivity index (χ2n) is 4.90. The Balaban J connectivity index is 1.81. The van der Waals surface area contributed by atoms with Crippen LogP contribution in [0.1, 0.15) is 39.5 Å². The van der Waals surface area contributed by atoms with Gasteiger partial charge in [-0.3, -0.25) is 5.32 Å². The number of ether oxygens (including phenoxy) is 1. The fraction of sp³-hybridized carbons (Fsp3) is 1.00. The fourth-order valence-electron chi connectivity index (χ4n) is 2.80. The fourth-order valence-corrected chi connectivity index (χ4v) is 2.80. The van der Waals surface area contributed by atoms with E-state index in [-0.39, 0.29) is 0 Å². The number of nitrogens with zero attached hydrogens (tertiary/aromatic N) is 1. The second kappa shape index (κ2) is 5.28. The summed E-state index contributed by atoms with van der Waals surface area (Å²) in [6.45, 7) is 7.81. The van der Waals surface area contributed by atoms with Gasteiger partial charge in [0.1, 0.15) is 6.23 Å². The highest BCUT2D eigenvalue weighted by molar-refractivity contribution is 4.81. The lowest BCUT2D eigenvalue weighted by atomic mass is 9.99. The van der Waals surface area contributed by atoms with Crippen molar-refractivity contribution in [2.45, 2.75) is 57.8 Å². The van der Waals surface area contributed by atoms with Crippen molar-refractivity contribution >= 4 is 0 Å². The van der Waals surface area contributed by atoms with E-state index in [0.717, 1.165) is 19.1 Å². The number of hydrogen-bond acceptors (Lipinski definition) is 3. The molecule has 1 N–H and O–H groups in total. The second-order valence-corrected chi connectivity index (χ2v) is 4.90. The molecule has 15 heavy (non-hydrogen) atoms. The van der Waals surface area contributed by atoms with Gasteiger partial charge in [-0.15, -0.1) is 0 Å². The molecule has 2 aliphatic heterocycles. The summed E-state index contributed by atoms with van der Waals surface area (Å²) in [5.74, 6) is 0. The molecule has 0 bridgehead atoms. The SMILES string of the molecule is CCN1CCCCC1CC1NC(C)CO1. The zero-order valence-corrected chi connectivity index (χ0v) is 10.0. The van der Waals surface area contributed by atoms with Gasteiger partial charge < -0.3 is 9.64 Å². The zero-order valence-electron chi connectivity index (χ0n) is 10.0. The van der Waals surface area contributed by atoms with E-state index < -0.39 is 0 Å². The molecule has 0 aromatic carbocycles. The first kappa shape index (κ1) is 11.4. The standard InChI is InChI=1S/C12H24N2O/c1-3-14-7-5-4-6-11(14)8-12-13-10(2)9-15-12/h10-13H,3-9H2,1-2H3. The molecular formula is C12H24N2O. The number of likely N-dealkylation sites (tertiary alicyclic amines) is 1. The van der Waals surface area contributed by atoms with Gasteiger partial charge in [-0.25, -0.2) is 0 Å². The first-order chi connectivity index (χ1) is 7.29. The molecule has 2 aliphatic rings. The van der Waals surface area contributed by atoms with Crippen LogP contribution in [0.25, 0.3) is 0 Å². The summed E-state index contributed by atoms with van der Waals surface area (Å²) in [4.78, 5) is 2.61. The van der Waals surface area contributed by atoms with E-state index in [1.165, 1.54) is 32.4 Å². The van der Waals surface area contributed by atoms with E-state index in [1.54, 1.807) is 0 Å². The molecule has 0 spiro atoms. The Morgan fingerprint density at radius 3 is 2.93 bits per heavy atom. The van der Waals surface area contributed by atoms with Crippen molar-refractivity contribution in [2.24, 2.45) is 0 Å². The van der Waals surface area contributed by atoms with Gasteiger partial charge in [-0.05, 0) is 32.9 Å². The summed E-state index contributed by atoms with van der Waals surface area (Å²) in [6, 6.07) is 1.28. The number of nitrogens with one attached hydrogen (secondary N) is 1. The quantitative estimate of drug-likeness (QED) is 0.769. The minimum Gasteiger partial charge on any atom is -0.362 e. The predicted molar refractivity (Wildman–Crippen MR) is 61.8 cm³/mol. The van der Waals surface area contributed by atoms with E-state index in [2.05, 4.69) is 24.1 Å². The van der Waals surface area contributed by atoms with Gasteiger partial charge in [0.25, 0.3) is 0 Å². The van der Waals surface area contributed by atoms with Crippen LogP contribution in [-0.4, -0.2) is 42.9 Å². The molecule has 2 saturated heterocycles. The molecule has 3 atom stereocenters. The van der Waals surface area contributed by atoms with Gasteiger partial charge in [-0.1, -0.05) is 13.3 Å². The maximum atomic E-state index is 5.72. The monoisotopic (exact) mass is 212 g/mol. The molecule has 0 amide bonds. The summed E-state index contributed by atoms with van der Waals surface area (Å²) in [5, 5.41) is 3.50. The summed E-state index contributed by atoms with van der Waals surface area (Å²) >= 11 is 0. The lowest BCUT2D eigenvalue weighted by Gasteiger charge is -2.36. The molecule has 2 rings (SSSR count). The van der Waals surface area contributed by atoms with Gasteiger partial charge in [0.2, 0.25) is 0 Å². The van der Waals surface area contributed by atoms with Crippen LogP contribution in [0.5, 0.6) is 0 Å². The third-order valence-corrected chi connectivity index (χ3v) is 3.66. The van der Waals surface area contributed by atoms with Crippen molar-refractivity contribution in [3.05, 3.63) is 0 Å². The third kappa shape index (κ3) is 2.92. The van der Waals surface area contributed by atoms with Crippen molar-refractivity contribution in [3.63, 3.8) is 0 Å². The molecule has 0 aromatic heterocycles. The minimum atomic E-state index is 0.303. The van der Waals surface area contributed by atoms with Crippen LogP contribution in [0.2, 0.25) is 0 Å². The Bertz CT molecular complexity index is 198. The molecular weight excluding hydrogens is 188 g/mol. The molecule has 0 aromatic rings. The van der Waals surface area contributed by atoms with Crippen LogP contribution in [0.3, 0.4) is 0 Å². The van der Waals surface area contributed by atoms with Gasteiger partial charge in [0.05, 0.1) is 6.61 Å². The highest BCUT2D eigenvalue weighted by atomic mass is 16.5. The van der Waals surface area contributed by atoms with Crippen molar-refractivity contribution in [1.82, 2.24) is 10.2 Å². The van der Waals surface area contributed by atoms with Crippen LogP contribution in [0, 0.1) is 0 Å². The topological polar surface area (TPSA) is 24.5 Å². The molecule has 3 heteroatoms. The average molecular weight is 212 g/mol. The van der Waals surface area contributed by atoms with E-state index >= 15 is 0 Å². The normalized spacial score (nSPS) is 38.4. The van der Waals surface area contributed by atoms with Crippen LogP contribution >= 0.6 is 0 Å². The maximum Gasteiger partial charge on any atom is 0.109 e.